The number of nitrogens with zero attached hydrogens (tertiary/aromatic N) is 2. The molecule has 170 valence electrons. The van der Waals surface area contributed by atoms with Crippen LogP contribution in [0.2, 0.25) is 0 Å². The van der Waals surface area contributed by atoms with Gasteiger partial charge in [-0.3, -0.25) is 9.36 Å². The van der Waals surface area contributed by atoms with Gasteiger partial charge in [-0.1, -0.05) is 12.1 Å². The molecule has 0 spiro atoms. The Hall–Kier alpha value is -3.01. The van der Waals surface area contributed by atoms with Crippen LogP contribution in [-0.4, -0.2) is 23.8 Å². The standard InChI is InChI=1S/C22H20BrF3N2O4/c1-12(24)18-20(32-17-9-14(21(25)26)8-16(23)19(17)31-3)22(29)28(11-27-18)10-13-4-6-15(30-2)7-5-13/h4-9,11-12,21H,10H2,1-3H3. The predicted octanol–water partition coefficient (Wildman–Crippen LogP) is 5.83. The Morgan fingerprint density at radius 2 is 1.75 bits per heavy atom. The molecule has 3 aromatic rings. The van der Waals surface area contributed by atoms with Crippen molar-refractivity contribution < 1.29 is 27.4 Å². The summed E-state index contributed by atoms with van der Waals surface area (Å²) in [4.78, 5) is 17.2. The molecule has 0 bridgehead atoms. The van der Waals surface area contributed by atoms with E-state index in [0.29, 0.717) is 5.75 Å². The molecule has 1 unspecified atom stereocenters. The van der Waals surface area contributed by atoms with Gasteiger partial charge in [0.2, 0.25) is 5.75 Å². The number of halogens is 4. The van der Waals surface area contributed by atoms with E-state index in [0.717, 1.165) is 11.6 Å². The lowest BCUT2D eigenvalue weighted by atomic mass is 10.2. The molecule has 0 fully saturated rings. The van der Waals surface area contributed by atoms with E-state index < -0.39 is 23.9 Å². The number of hydrogen-bond donors (Lipinski definition) is 0. The minimum Gasteiger partial charge on any atom is -0.497 e. The lowest BCUT2D eigenvalue weighted by Gasteiger charge is -2.17. The highest BCUT2D eigenvalue weighted by Crippen LogP contribution is 2.41. The molecule has 0 aliphatic rings. The van der Waals surface area contributed by atoms with Gasteiger partial charge in [-0.25, -0.2) is 18.2 Å². The number of aromatic nitrogens is 2. The lowest BCUT2D eigenvalue weighted by molar-refractivity contribution is 0.151. The lowest BCUT2D eigenvalue weighted by Crippen LogP contribution is -2.24. The van der Waals surface area contributed by atoms with Crippen LogP contribution in [0.5, 0.6) is 23.0 Å². The summed E-state index contributed by atoms with van der Waals surface area (Å²) in [6.07, 6.45) is -3.21. The van der Waals surface area contributed by atoms with Crippen molar-refractivity contribution in [3.63, 3.8) is 0 Å². The van der Waals surface area contributed by atoms with Crippen molar-refractivity contribution in [2.45, 2.75) is 26.1 Å². The summed E-state index contributed by atoms with van der Waals surface area (Å²) in [7, 11) is 2.86. The van der Waals surface area contributed by atoms with Crippen molar-refractivity contribution >= 4 is 15.9 Å². The maximum absolute atomic E-state index is 14.2. The molecule has 3 rings (SSSR count). The van der Waals surface area contributed by atoms with Gasteiger partial charge < -0.3 is 14.2 Å². The first-order valence-corrected chi connectivity index (χ1v) is 10.2. The first-order chi connectivity index (χ1) is 15.2. The molecule has 0 aliphatic carbocycles. The molecule has 0 radical (unpaired) electrons. The van der Waals surface area contributed by atoms with Gasteiger partial charge in [-0.05, 0) is 52.7 Å². The SMILES string of the molecule is COc1ccc(Cn2cnc(C(C)F)c(Oc3cc(C(F)F)cc(Br)c3OC)c2=O)cc1. The average Bonchev–Trinajstić information content (AvgIpc) is 2.76. The number of methoxy groups -OCH3 is 2. The summed E-state index contributed by atoms with van der Waals surface area (Å²) in [6, 6.07) is 9.23. The molecular formula is C22H20BrF3N2O4. The Morgan fingerprint density at radius 1 is 1.06 bits per heavy atom. The van der Waals surface area contributed by atoms with Crippen molar-refractivity contribution in [3.05, 3.63) is 74.4 Å². The maximum atomic E-state index is 14.2. The van der Waals surface area contributed by atoms with Crippen LogP contribution >= 0.6 is 15.9 Å². The van der Waals surface area contributed by atoms with Crippen LogP contribution in [-0.2, 0) is 6.54 Å². The average molecular weight is 513 g/mol. The second kappa shape index (κ2) is 10.1. The number of hydrogen-bond acceptors (Lipinski definition) is 5. The van der Waals surface area contributed by atoms with E-state index in [1.165, 1.54) is 31.0 Å². The molecule has 1 heterocycles. The fourth-order valence-corrected chi connectivity index (χ4v) is 3.62. The van der Waals surface area contributed by atoms with Crippen molar-refractivity contribution in [1.29, 1.82) is 0 Å². The van der Waals surface area contributed by atoms with Crippen LogP contribution in [0.1, 0.15) is 36.3 Å². The molecule has 0 aliphatic heterocycles. The fourth-order valence-electron chi connectivity index (χ4n) is 3.00. The topological polar surface area (TPSA) is 62.6 Å². The second-order valence-electron chi connectivity index (χ2n) is 6.79. The highest BCUT2D eigenvalue weighted by molar-refractivity contribution is 9.10. The molecule has 0 saturated heterocycles. The zero-order valence-electron chi connectivity index (χ0n) is 17.4. The fraction of sp³-hybridized carbons (Fsp3) is 0.273. The van der Waals surface area contributed by atoms with Gasteiger partial charge in [-0.2, -0.15) is 0 Å². The minimum atomic E-state index is -2.79. The molecule has 1 aromatic heterocycles. The van der Waals surface area contributed by atoms with E-state index in [9.17, 15) is 18.0 Å². The number of benzene rings is 2. The summed E-state index contributed by atoms with van der Waals surface area (Å²) in [5.41, 5.74) is -0.510. The first-order valence-electron chi connectivity index (χ1n) is 9.44. The largest absolute Gasteiger partial charge is 0.497 e. The van der Waals surface area contributed by atoms with Gasteiger partial charge >= 0.3 is 0 Å². The van der Waals surface area contributed by atoms with Crippen LogP contribution in [0.3, 0.4) is 0 Å². The molecule has 1 atom stereocenters. The van der Waals surface area contributed by atoms with Gasteiger partial charge in [-0.15, -0.1) is 0 Å². The Morgan fingerprint density at radius 3 is 2.31 bits per heavy atom. The van der Waals surface area contributed by atoms with Crippen LogP contribution in [0.4, 0.5) is 13.2 Å². The van der Waals surface area contributed by atoms with Crippen LogP contribution < -0.4 is 19.8 Å². The summed E-state index contributed by atoms with van der Waals surface area (Å²) in [6.45, 7) is 1.33. The first kappa shape index (κ1) is 23.6. The molecular weight excluding hydrogens is 493 g/mol. The Bertz CT molecular complexity index is 1150. The monoisotopic (exact) mass is 512 g/mol. The summed E-state index contributed by atoms with van der Waals surface area (Å²) in [5.74, 6) is 0.158. The highest BCUT2D eigenvalue weighted by atomic mass is 79.9. The van der Waals surface area contributed by atoms with Crippen molar-refractivity contribution in [2.75, 3.05) is 14.2 Å². The minimum absolute atomic E-state index is 0.0804. The Balaban J connectivity index is 2.07. The molecule has 0 amide bonds. The number of rotatable bonds is 8. The number of ether oxygens (including phenoxy) is 3. The Labute approximate surface area is 190 Å². The van der Waals surface area contributed by atoms with Gasteiger partial charge in [0, 0.05) is 5.56 Å². The quantitative estimate of drug-likeness (QED) is 0.379. The molecule has 0 saturated carbocycles. The van der Waals surface area contributed by atoms with E-state index in [1.54, 1.807) is 31.4 Å². The van der Waals surface area contributed by atoms with E-state index in [4.69, 9.17) is 14.2 Å². The smallest absolute Gasteiger partial charge is 0.297 e. The van der Waals surface area contributed by atoms with Gasteiger partial charge in [0.05, 0.1) is 31.6 Å². The summed E-state index contributed by atoms with van der Waals surface area (Å²) >= 11 is 3.15. The van der Waals surface area contributed by atoms with Crippen molar-refractivity contribution in [1.82, 2.24) is 9.55 Å². The molecule has 6 nitrogen and oxygen atoms in total. The zero-order chi connectivity index (χ0) is 23.4. The highest BCUT2D eigenvalue weighted by Gasteiger charge is 2.23. The van der Waals surface area contributed by atoms with Crippen LogP contribution in [0.25, 0.3) is 0 Å². The van der Waals surface area contributed by atoms with E-state index in [2.05, 4.69) is 20.9 Å². The molecule has 2 aromatic carbocycles. The third kappa shape index (κ3) is 5.07. The molecule has 10 heteroatoms. The third-order valence-corrected chi connectivity index (χ3v) is 5.20. The van der Waals surface area contributed by atoms with Crippen LogP contribution in [0.15, 0.2) is 52.0 Å². The normalized spacial score (nSPS) is 12.0. The zero-order valence-corrected chi connectivity index (χ0v) is 19.0. The molecule has 32 heavy (non-hydrogen) atoms. The van der Waals surface area contributed by atoms with E-state index in [1.807, 2.05) is 0 Å². The predicted molar refractivity (Wildman–Crippen MR) is 116 cm³/mol. The van der Waals surface area contributed by atoms with Gasteiger partial charge in [0.1, 0.15) is 17.6 Å². The number of alkyl halides is 3. The second-order valence-corrected chi connectivity index (χ2v) is 7.65. The van der Waals surface area contributed by atoms with E-state index >= 15 is 0 Å². The van der Waals surface area contributed by atoms with E-state index in [-0.39, 0.29) is 33.8 Å². The summed E-state index contributed by atoms with van der Waals surface area (Å²) in [5, 5.41) is 0. The van der Waals surface area contributed by atoms with Gasteiger partial charge in [0.15, 0.2) is 11.5 Å². The molecule has 0 N–H and O–H groups in total. The maximum Gasteiger partial charge on any atom is 0.297 e. The summed E-state index contributed by atoms with van der Waals surface area (Å²) < 4.78 is 58.2. The third-order valence-electron chi connectivity index (χ3n) is 4.61. The van der Waals surface area contributed by atoms with Gasteiger partial charge in [0.25, 0.3) is 12.0 Å². The van der Waals surface area contributed by atoms with Crippen molar-refractivity contribution in [2.24, 2.45) is 0 Å². The van der Waals surface area contributed by atoms with Crippen LogP contribution in [0, 0.1) is 0 Å². The van der Waals surface area contributed by atoms with Crippen molar-refractivity contribution in [3.8, 4) is 23.0 Å². The Kier molecular flexibility index (Phi) is 7.44.